The number of ether oxygens (including phenoxy) is 1. The highest BCUT2D eigenvalue weighted by atomic mass is 79.9. The van der Waals surface area contributed by atoms with Gasteiger partial charge >= 0.3 is 0 Å². The Kier molecular flexibility index (Phi) is 5.98. The van der Waals surface area contributed by atoms with Crippen LogP contribution in [-0.4, -0.2) is 24.7 Å². The van der Waals surface area contributed by atoms with Crippen LogP contribution in [0.5, 0.6) is 5.75 Å². The van der Waals surface area contributed by atoms with E-state index in [1.54, 1.807) is 0 Å². The van der Waals surface area contributed by atoms with Crippen LogP contribution in [0.1, 0.15) is 20.8 Å². The molecule has 100 valence electrons. The third-order valence-electron chi connectivity index (χ3n) is 2.11. The number of nitrogens with zero attached hydrogens (tertiary/aromatic N) is 1. The fourth-order valence-corrected chi connectivity index (χ4v) is 1.62. The second-order valence-corrected chi connectivity index (χ2v) is 5.32. The molecule has 0 radical (unpaired) electrons. The van der Waals surface area contributed by atoms with Gasteiger partial charge in [-0.3, -0.25) is 0 Å². The van der Waals surface area contributed by atoms with Crippen molar-refractivity contribution in [2.45, 2.75) is 32.9 Å². The average molecular weight is 314 g/mol. The summed E-state index contributed by atoms with van der Waals surface area (Å²) in [6.07, 6.45) is -0.0151. The Labute approximate surface area is 117 Å². The first-order valence-corrected chi connectivity index (χ1v) is 6.75. The van der Waals surface area contributed by atoms with E-state index in [1.807, 2.05) is 45.0 Å². The summed E-state index contributed by atoms with van der Waals surface area (Å²) in [5.41, 5.74) is 5.71. The number of nitrogens with one attached hydrogen (secondary N) is 1. The van der Waals surface area contributed by atoms with Crippen LogP contribution in [0.4, 0.5) is 0 Å². The number of rotatable bonds is 5. The Hall–Kier alpha value is -1.23. The minimum absolute atomic E-state index is 0.0151. The Morgan fingerprint density at radius 1 is 1.33 bits per heavy atom. The van der Waals surface area contributed by atoms with Gasteiger partial charge in [0.25, 0.3) is 0 Å². The third kappa shape index (κ3) is 5.91. The molecule has 0 bridgehead atoms. The Balaban J connectivity index is 2.42. The van der Waals surface area contributed by atoms with Crippen molar-refractivity contribution in [2.24, 2.45) is 10.7 Å². The van der Waals surface area contributed by atoms with Crippen molar-refractivity contribution in [1.82, 2.24) is 5.32 Å². The van der Waals surface area contributed by atoms with Gasteiger partial charge in [-0.2, -0.15) is 0 Å². The van der Waals surface area contributed by atoms with Crippen LogP contribution in [0, 0.1) is 0 Å². The van der Waals surface area contributed by atoms with Gasteiger partial charge in [0.1, 0.15) is 11.9 Å². The molecule has 0 saturated heterocycles. The van der Waals surface area contributed by atoms with E-state index < -0.39 is 0 Å². The molecule has 1 rings (SSSR count). The van der Waals surface area contributed by atoms with Gasteiger partial charge in [-0.25, -0.2) is 4.99 Å². The summed E-state index contributed by atoms with van der Waals surface area (Å²) >= 11 is 3.38. The molecule has 3 N–H and O–H groups in total. The van der Waals surface area contributed by atoms with E-state index in [2.05, 4.69) is 26.2 Å². The molecular weight excluding hydrogens is 294 g/mol. The molecule has 1 aromatic carbocycles. The van der Waals surface area contributed by atoms with E-state index in [-0.39, 0.29) is 12.1 Å². The maximum absolute atomic E-state index is 5.71. The quantitative estimate of drug-likeness (QED) is 0.648. The summed E-state index contributed by atoms with van der Waals surface area (Å²) in [5, 5.41) is 3.04. The summed E-state index contributed by atoms with van der Waals surface area (Å²) in [6.45, 7) is 6.53. The number of nitrogens with two attached hydrogens (primary N) is 1. The van der Waals surface area contributed by atoms with Gasteiger partial charge in [0.15, 0.2) is 5.96 Å². The Bertz CT molecular complexity index is 390. The second-order valence-electron chi connectivity index (χ2n) is 4.41. The van der Waals surface area contributed by atoms with Crippen molar-refractivity contribution in [3.05, 3.63) is 28.7 Å². The number of guanidine groups is 1. The van der Waals surface area contributed by atoms with Crippen LogP contribution in [0.25, 0.3) is 0 Å². The molecule has 0 aliphatic heterocycles. The lowest BCUT2D eigenvalue weighted by Gasteiger charge is -2.14. The molecule has 0 aliphatic carbocycles. The van der Waals surface area contributed by atoms with Gasteiger partial charge in [0.05, 0.1) is 6.54 Å². The average Bonchev–Trinajstić information content (AvgIpc) is 2.29. The van der Waals surface area contributed by atoms with Crippen LogP contribution in [-0.2, 0) is 0 Å². The molecule has 1 atom stereocenters. The van der Waals surface area contributed by atoms with E-state index in [9.17, 15) is 0 Å². The monoisotopic (exact) mass is 313 g/mol. The van der Waals surface area contributed by atoms with Crippen LogP contribution in [0.15, 0.2) is 33.7 Å². The van der Waals surface area contributed by atoms with Crippen LogP contribution >= 0.6 is 15.9 Å². The molecule has 0 heterocycles. The van der Waals surface area contributed by atoms with Crippen molar-refractivity contribution in [3.8, 4) is 5.75 Å². The lowest BCUT2D eigenvalue weighted by molar-refractivity contribution is 0.230. The van der Waals surface area contributed by atoms with E-state index in [0.29, 0.717) is 12.5 Å². The maximum Gasteiger partial charge on any atom is 0.188 e. The molecule has 0 saturated carbocycles. The zero-order chi connectivity index (χ0) is 13.5. The summed E-state index contributed by atoms with van der Waals surface area (Å²) in [4.78, 5) is 4.23. The van der Waals surface area contributed by atoms with E-state index >= 15 is 0 Å². The van der Waals surface area contributed by atoms with Gasteiger partial charge in [-0.05, 0) is 45.0 Å². The number of benzene rings is 1. The third-order valence-corrected chi connectivity index (χ3v) is 2.63. The second kappa shape index (κ2) is 7.26. The van der Waals surface area contributed by atoms with E-state index in [4.69, 9.17) is 10.5 Å². The Morgan fingerprint density at radius 2 is 1.94 bits per heavy atom. The summed E-state index contributed by atoms with van der Waals surface area (Å²) in [7, 11) is 0. The first-order chi connectivity index (χ1) is 8.47. The fraction of sp³-hybridized carbons (Fsp3) is 0.462. The minimum Gasteiger partial charge on any atom is -0.489 e. The highest BCUT2D eigenvalue weighted by Gasteiger charge is 2.04. The van der Waals surface area contributed by atoms with Gasteiger partial charge in [-0.1, -0.05) is 15.9 Å². The SMILES string of the molecule is CC(C)NC(N)=NCC(C)Oc1ccc(Br)cc1. The van der Waals surface area contributed by atoms with Gasteiger partial charge in [0.2, 0.25) is 0 Å². The zero-order valence-electron chi connectivity index (χ0n) is 11.0. The topological polar surface area (TPSA) is 59.6 Å². The molecule has 1 aromatic rings. The zero-order valence-corrected chi connectivity index (χ0v) is 12.6. The lowest BCUT2D eigenvalue weighted by Crippen LogP contribution is -2.37. The normalized spacial score (nSPS) is 13.5. The number of hydrogen-bond acceptors (Lipinski definition) is 2. The Morgan fingerprint density at radius 3 is 2.50 bits per heavy atom. The summed E-state index contributed by atoms with van der Waals surface area (Å²) in [5.74, 6) is 1.28. The largest absolute Gasteiger partial charge is 0.489 e. The van der Waals surface area contributed by atoms with Gasteiger partial charge < -0.3 is 15.8 Å². The predicted molar refractivity (Wildman–Crippen MR) is 79.0 cm³/mol. The molecular formula is C13H20BrN3O. The summed E-state index contributed by atoms with van der Waals surface area (Å²) < 4.78 is 6.75. The fourth-order valence-electron chi connectivity index (χ4n) is 1.35. The molecule has 1 unspecified atom stereocenters. The van der Waals surface area contributed by atoms with Crippen molar-refractivity contribution in [2.75, 3.05) is 6.54 Å². The number of aliphatic imine (C=N–C) groups is 1. The first kappa shape index (κ1) is 14.8. The highest BCUT2D eigenvalue weighted by Crippen LogP contribution is 2.17. The molecule has 5 heteroatoms. The van der Waals surface area contributed by atoms with E-state index in [1.165, 1.54) is 0 Å². The maximum atomic E-state index is 5.71. The number of halogens is 1. The standard InChI is InChI=1S/C13H20BrN3O/c1-9(2)17-13(15)16-8-10(3)18-12-6-4-11(14)5-7-12/h4-7,9-10H,8H2,1-3H3,(H3,15,16,17). The molecule has 18 heavy (non-hydrogen) atoms. The highest BCUT2D eigenvalue weighted by molar-refractivity contribution is 9.10. The summed E-state index contributed by atoms with van der Waals surface area (Å²) in [6, 6.07) is 8.01. The van der Waals surface area contributed by atoms with Crippen molar-refractivity contribution in [1.29, 1.82) is 0 Å². The predicted octanol–water partition coefficient (Wildman–Crippen LogP) is 2.53. The molecule has 0 fully saturated rings. The van der Waals surface area contributed by atoms with Crippen molar-refractivity contribution >= 4 is 21.9 Å². The van der Waals surface area contributed by atoms with Crippen LogP contribution < -0.4 is 15.8 Å². The van der Waals surface area contributed by atoms with Gasteiger partial charge in [-0.15, -0.1) is 0 Å². The molecule has 0 aliphatic rings. The molecule has 0 spiro atoms. The molecule has 4 nitrogen and oxygen atoms in total. The van der Waals surface area contributed by atoms with E-state index in [0.717, 1.165) is 10.2 Å². The molecule has 0 aromatic heterocycles. The van der Waals surface area contributed by atoms with Crippen molar-refractivity contribution < 1.29 is 4.74 Å². The lowest BCUT2D eigenvalue weighted by atomic mass is 10.3. The number of hydrogen-bond donors (Lipinski definition) is 2. The van der Waals surface area contributed by atoms with Crippen LogP contribution in [0.2, 0.25) is 0 Å². The van der Waals surface area contributed by atoms with Gasteiger partial charge in [0, 0.05) is 10.5 Å². The smallest absolute Gasteiger partial charge is 0.188 e. The van der Waals surface area contributed by atoms with Crippen molar-refractivity contribution in [3.63, 3.8) is 0 Å². The molecule has 0 amide bonds. The van der Waals surface area contributed by atoms with Crippen LogP contribution in [0.3, 0.4) is 0 Å². The first-order valence-electron chi connectivity index (χ1n) is 5.96. The minimum atomic E-state index is -0.0151.